The molecule has 4 nitrogen and oxygen atoms in total. The Labute approximate surface area is 156 Å². The lowest BCUT2D eigenvalue weighted by atomic mass is 9.52. The van der Waals surface area contributed by atoms with Gasteiger partial charge < -0.3 is 10.2 Å². The molecule has 26 heavy (non-hydrogen) atoms. The summed E-state index contributed by atoms with van der Waals surface area (Å²) in [6.45, 7) is 2.16. The molecule has 0 aromatic rings. The van der Waals surface area contributed by atoms with Crippen LogP contribution in [-0.4, -0.2) is 28.1 Å². The van der Waals surface area contributed by atoms with Gasteiger partial charge in [-0.2, -0.15) is 0 Å². The van der Waals surface area contributed by atoms with Crippen LogP contribution in [0.5, 0.6) is 0 Å². The number of carboxylic acids is 1. The maximum atomic E-state index is 13.2. The number of aliphatic hydroxyl groups is 1. The van der Waals surface area contributed by atoms with Crippen molar-refractivity contribution in [3.8, 4) is 0 Å². The molecule has 0 saturated heterocycles. The van der Waals surface area contributed by atoms with Gasteiger partial charge in [-0.25, -0.2) is 0 Å². The van der Waals surface area contributed by atoms with Crippen LogP contribution in [0.3, 0.4) is 0 Å². The molecule has 0 heterocycles. The molecular formula is C22H34O4. The number of ketones is 1. The summed E-state index contributed by atoms with van der Waals surface area (Å²) < 4.78 is 0. The third-order valence-corrected chi connectivity index (χ3v) is 8.64. The predicted octanol–water partition coefficient (Wildman–Crippen LogP) is 3.91. The highest BCUT2D eigenvalue weighted by atomic mass is 16.4. The first kappa shape index (κ1) is 18.5. The Bertz CT molecular complexity index is 558. The van der Waals surface area contributed by atoms with E-state index in [9.17, 15) is 14.7 Å². The van der Waals surface area contributed by atoms with Crippen molar-refractivity contribution >= 4 is 11.8 Å². The molecule has 4 rings (SSSR count). The van der Waals surface area contributed by atoms with Crippen molar-refractivity contribution in [3.05, 3.63) is 0 Å². The molecule has 0 bridgehead atoms. The Balaban J connectivity index is 1.47. The van der Waals surface area contributed by atoms with E-state index in [-0.39, 0.29) is 18.4 Å². The van der Waals surface area contributed by atoms with E-state index in [0.717, 1.165) is 32.1 Å². The first-order valence-corrected chi connectivity index (χ1v) is 10.9. The second-order valence-corrected chi connectivity index (χ2v) is 9.81. The molecule has 4 aliphatic carbocycles. The molecule has 9 atom stereocenters. The molecule has 4 aliphatic rings. The van der Waals surface area contributed by atoms with Gasteiger partial charge in [0.05, 0.1) is 6.10 Å². The van der Waals surface area contributed by atoms with Gasteiger partial charge in [-0.15, -0.1) is 0 Å². The Morgan fingerprint density at radius 2 is 1.77 bits per heavy atom. The highest BCUT2D eigenvalue weighted by molar-refractivity contribution is 5.83. The number of carboxylic acid groups (broad SMARTS) is 1. The van der Waals surface area contributed by atoms with Crippen LogP contribution in [0.4, 0.5) is 0 Å². The highest BCUT2D eigenvalue weighted by Crippen LogP contribution is 2.59. The Morgan fingerprint density at radius 1 is 1.04 bits per heavy atom. The van der Waals surface area contributed by atoms with Crippen LogP contribution in [0, 0.1) is 47.3 Å². The molecule has 0 radical (unpaired) electrons. The van der Waals surface area contributed by atoms with E-state index in [0.29, 0.717) is 53.6 Å². The molecule has 4 saturated carbocycles. The monoisotopic (exact) mass is 362 g/mol. The lowest BCUT2D eigenvalue weighted by Crippen LogP contribution is -2.49. The molecule has 146 valence electrons. The minimum Gasteiger partial charge on any atom is -0.481 e. The standard InChI is InChI=1S/C22H34O4/c1-12(2-9-21(25)26)15-7-8-18-17-5-3-13-10-14(23)4-6-16(13)19(17)11-20(24)22(15)18/h12-19,22-23H,2-11H2,1H3,(H,25,26)/t12?,13?,14?,15?,16-,17-,18-,19+,22+/m0/s1. The van der Waals surface area contributed by atoms with Crippen molar-refractivity contribution in [2.75, 3.05) is 0 Å². The molecule has 4 heteroatoms. The first-order chi connectivity index (χ1) is 12.5. The summed E-state index contributed by atoms with van der Waals surface area (Å²) in [5.74, 6) is 3.79. The van der Waals surface area contributed by atoms with E-state index < -0.39 is 5.97 Å². The van der Waals surface area contributed by atoms with E-state index in [1.54, 1.807) is 0 Å². The third kappa shape index (κ3) is 3.23. The number of aliphatic hydroxyl groups excluding tert-OH is 1. The van der Waals surface area contributed by atoms with Crippen molar-refractivity contribution in [3.63, 3.8) is 0 Å². The average Bonchev–Trinajstić information content (AvgIpc) is 3.05. The average molecular weight is 363 g/mol. The molecule has 0 aromatic heterocycles. The van der Waals surface area contributed by atoms with Gasteiger partial charge in [-0.1, -0.05) is 6.92 Å². The molecule has 0 amide bonds. The fourth-order valence-corrected chi connectivity index (χ4v) is 7.52. The fraction of sp³-hybridized carbons (Fsp3) is 0.909. The van der Waals surface area contributed by atoms with Gasteiger partial charge in [-0.05, 0) is 92.8 Å². The third-order valence-electron chi connectivity index (χ3n) is 8.64. The lowest BCUT2D eigenvalue weighted by Gasteiger charge is -2.52. The van der Waals surface area contributed by atoms with Crippen LogP contribution in [-0.2, 0) is 9.59 Å². The zero-order chi connectivity index (χ0) is 18.4. The highest BCUT2D eigenvalue weighted by Gasteiger charge is 2.55. The van der Waals surface area contributed by atoms with Crippen molar-refractivity contribution in [1.29, 1.82) is 0 Å². The SMILES string of the molecule is CC(CCC(=O)O)C1CC[C@H]2[C@@H]3CCC4CC(O)CC[C@@H]4[C@H]3CC(=O)[C@H]12. The van der Waals surface area contributed by atoms with Crippen LogP contribution >= 0.6 is 0 Å². The number of aliphatic carboxylic acids is 1. The molecule has 4 fully saturated rings. The van der Waals surface area contributed by atoms with Gasteiger partial charge in [-0.3, -0.25) is 9.59 Å². The molecule has 0 aliphatic heterocycles. The van der Waals surface area contributed by atoms with Crippen LogP contribution in [0.2, 0.25) is 0 Å². The summed E-state index contributed by atoms with van der Waals surface area (Å²) in [5.41, 5.74) is 0. The van der Waals surface area contributed by atoms with Crippen molar-refractivity contribution in [2.24, 2.45) is 47.3 Å². The number of Topliss-reactive ketones (excluding diaryl/α,β-unsaturated/α-hetero) is 1. The van der Waals surface area contributed by atoms with Crippen LogP contribution in [0.15, 0.2) is 0 Å². The lowest BCUT2D eigenvalue weighted by molar-refractivity contribution is -0.138. The number of hydrogen-bond acceptors (Lipinski definition) is 3. The smallest absolute Gasteiger partial charge is 0.303 e. The molecule has 0 spiro atoms. The first-order valence-electron chi connectivity index (χ1n) is 10.9. The van der Waals surface area contributed by atoms with Crippen LogP contribution in [0.1, 0.15) is 71.1 Å². The van der Waals surface area contributed by atoms with E-state index >= 15 is 0 Å². The van der Waals surface area contributed by atoms with Gasteiger partial charge in [0.15, 0.2) is 0 Å². The van der Waals surface area contributed by atoms with Gasteiger partial charge in [0.2, 0.25) is 0 Å². The van der Waals surface area contributed by atoms with Gasteiger partial charge in [0.1, 0.15) is 5.78 Å². The summed E-state index contributed by atoms with van der Waals surface area (Å²) in [7, 11) is 0. The normalized spacial score (nSPS) is 46.2. The number of rotatable bonds is 4. The van der Waals surface area contributed by atoms with Gasteiger partial charge in [0.25, 0.3) is 0 Å². The molecular weight excluding hydrogens is 328 g/mol. The fourth-order valence-electron chi connectivity index (χ4n) is 7.52. The van der Waals surface area contributed by atoms with Gasteiger partial charge in [0, 0.05) is 18.8 Å². The number of carbonyl (C=O) groups is 2. The number of hydrogen-bond donors (Lipinski definition) is 2. The summed E-state index contributed by atoms with van der Waals surface area (Å²) >= 11 is 0. The largest absolute Gasteiger partial charge is 0.481 e. The Morgan fingerprint density at radius 3 is 2.54 bits per heavy atom. The number of fused-ring (bicyclic) bond motifs is 5. The molecule has 4 unspecified atom stereocenters. The summed E-state index contributed by atoms with van der Waals surface area (Å²) in [4.78, 5) is 24.1. The van der Waals surface area contributed by atoms with E-state index in [1.165, 1.54) is 19.3 Å². The maximum absolute atomic E-state index is 13.2. The minimum absolute atomic E-state index is 0.120. The van der Waals surface area contributed by atoms with E-state index in [1.807, 2.05) is 0 Å². The maximum Gasteiger partial charge on any atom is 0.303 e. The van der Waals surface area contributed by atoms with Crippen molar-refractivity contribution in [2.45, 2.75) is 77.2 Å². The van der Waals surface area contributed by atoms with Gasteiger partial charge >= 0.3 is 5.97 Å². The quantitative estimate of drug-likeness (QED) is 0.795. The van der Waals surface area contributed by atoms with E-state index in [4.69, 9.17) is 5.11 Å². The zero-order valence-electron chi connectivity index (χ0n) is 16.0. The molecule has 2 N–H and O–H groups in total. The Hall–Kier alpha value is -0.900. The number of carbonyl (C=O) groups excluding carboxylic acids is 1. The Kier molecular flexibility index (Phi) is 5.15. The van der Waals surface area contributed by atoms with Crippen LogP contribution < -0.4 is 0 Å². The predicted molar refractivity (Wildman–Crippen MR) is 98.4 cm³/mol. The zero-order valence-corrected chi connectivity index (χ0v) is 16.0. The second-order valence-electron chi connectivity index (χ2n) is 9.81. The summed E-state index contributed by atoms with van der Waals surface area (Å²) in [5, 5.41) is 19.0. The topological polar surface area (TPSA) is 74.6 Å². The van der Waals surface area contributed by atoms with Crippen molar-refractivity contribution in [1.82, 2.24) is 0 Å². The molecule has 0 aromatic carbocycles. The van der Waals surface area contributed by atoms with E-state index in [2.05, 4.69) is 6.92 Å². The second kappa shape index (κ2) is 7.26. The van der Waals surface area contributed by atoms with Crippen LogP contribution in [0.25, 0.3) is 0 Å². The summed E-state index contributed by atoms with van der Waals surface area (Å²) in [6.07, 6.45) is 9.29. The minimum atomic E-state index is -0.723. The summed E-state index contributed by atoms with van der Waals surface area (Å²) in [6, 6.07) is 0. The van der Waals surface area contributed by atoms with Crippen molar-refractivity contribution < 1.29 is 19.8 Å².